The Hall–Kier alpha value is -1.52. The second-order valence-electron chi connectivity index (χ2n) is 4.50. The Labute approximate surface area is 93.7 Å². The Morgan fingerprint density at radius 2 is 2.25 bits per heavy atom. The van der Waals surface area contributed by atoms with Crippen LogP contribution in [0.3, 0.4) is 0 Å². The molecule has 88 valence electrons. The summed E-state index contributed by atoms with van der Waals surface area (Å²) >= 11 is 0. The third-order valence-corrected chi connectivity index (χ3v) is 3.42. The molecule has 1 saturated carbocycles. The SMILES string of the molecule is C=CCOC(=O)N1CC(C(=O)O)C2(CC2)C1. The van der Waals surface area contributed by atoms with E-state index >= 15 is 0 Å². The molecule has 2 aliphatic rings. The lowest BCUT2D eigenvalue weighted by Gasteiger charge is -2.14. The molecule has 1 atom stereocenters. The van der Waals surface area contributed by atoms with Gasteiger partial charge in [0.05, 0.1) is 5.92 Å². The van der Waals surface area contributed by atoms with Crippen LogP contribution >= 0.6 is 0 Å². The first-order valence-electron chi connectivity index (χ1n) is 5.34. The van der Waals surface area contributed by atoms with Crippen molar-refractivity contribution in [2.45, 2.75) is 12.8 Å². The fraction of sp³-hybridized carbons (Fsp3) is 0.636. The van der Waals surface area contributed by atoms with Crippen LogP contribution in [-0.4, -0.2) is 41.8 Å². The highest BCUT2D eigenvalue weighted by Crippen LogP contribution is 2.56. The van der Waals surface area contributed by atoms with Crippen molar-refractivity contribution in [2.75, 3.05) is 19.7 Å². The first kappa shape index (κ1) is 11.0. The number of carbonyl (C=O) groups is 2. The number of ether oxygens (including phenoxy) is 1. The number of aliphatic carboxylic acids is 1. The maximum Gasteiger partial charge on any atom is 0.410 e. The molecule has 0 aromatic heterocycles. The third kappa shape index (κ3) is 1.77. The minimum Gasteiger partial charge on any atom is -0.481 e. The number of nitrogens with zero attached hydrogens (tertiary/aromatic N) is 1. The van der Waals surface area contributed by atoms with Crippen molar-refractivity contribution in [3.8, 4) is 0 Å². The molecule has 16 heavy (non-hydrogen) atoms. The average molecular weight is 225 g/mol. The van der Waals surface area contributed by atoms with Crippen molar-refractivity contribution < 1.29 is 19.4 Å². The molecule has 5 nitrogen and oxygen atoms in total. The van der Waals surface area contributed by atoms with Crippen LogP contribution < -0.4 is 0 Å². The second-order valence-corrected chi connectivity index (χ2v) is 4.50. The number of likely N-dealkylation sites (tertiary alicyclic amines) is 1. The standard InChI is InChI=1S/C11H15NO4/c1-2-5-16-10(15)12-6-8(9(13)14)11(7-12)3-4-11/h2,8H,1,3-7H2,(H,13,14). The highest BCUT2D eigenvalue weighted by atomic mass is 16.6. The first-order chi connectivity index (χ1) is 7.59. The predicted molar refractivity (Wildman–Crippen MR) is 55.9 cm³/mol. The fourth-order valence-electron chi connectivity index (χ4n) is 2.34. The van der Waals surface area contributed by atoms with Crippen molar-refractivity contribution in [2.24, 2.45) is 11.3 Å². The Morgan fingerprint density at radius 3 is 2.69 bits per heavy atom. The second kappa shape index (κ2) is 3.81. The third-order valence-electron chi connectivity index (χ3n) is 3.42. The summed E-state index contributed by atoms with van der Waals surface area (Å²) in [6.07, 6.45) is 2.86. The molecule has 1 spiro atoms. The summed E-state index contributed by atoms with van der Waals surface area (Å²) in [4.78, 5) is 24.1. The minimum absolute atomic E-state index is 0.167. The highest BCUT2D eigenvalue weighted by Gasteiger charge is 2.59. The molecular weight excluding hydrogens is 210 g/mol. The molecule has 1 aliphatic heterocycles. The number of carboxylic acid groups (broad SMARTS) is 1. The molecule has 0 bridgehead atoms. The smallest absolute Gasteiger partial charge is 0.410 e. The van der Waals surface area contributed by atoms with E-state index in [-0.39, 0.29) is 18.6 Å². The molecule has 2 fully saturated rings. The molecule has 1 N–H and O–H groups in total. The normalized spacial score (nSPS) is 25.5. The molecule has 0 aromatic rings. The van der Waals surface area contributed by atoms with Crippen molar-refractivity contribution in [1.82, 2.24) is 4.90 Å². The van der Waals surface area contributed by atoms with Gasteiger partial charge in [0.1, 0.15) is 6.61 Å². The predicted octanol–water partition coefficient (Wildman–Crippen LogP) is 1.11. The zero-order chi connectivity index (χ0) is 11.8. The summed E-state index contributed by atoms with van der Waals surface area (Å²) in [6, 6.07) is 0. The fourth-order valence-corrected chi connectivity index (χ4v) is 2.34. The lowest BCUT2D eigenvalue weighted by Crippen LogP contribution is -2.30. The van der Waals surface area contributed by atoms with E-state index in [0.29, 0.717) is 6.54 Å². The summed E-state index contributed by atoms with van der Waals surface area (Å²) < 4.78 is 4.90. The van der Waals surface area contributed by atoms with Crippen LogP contribution in [0.4, 0.5) is 4.79 Å². The maximum atomic E-state index is 11.6. The van der Waals surface area contributed by atoms with E-state index in [2.05, 4.69) is 6.58 Å². The number of hydrogen-bond acceptors (Lipinski definition) is 3. The van der Waals surface area contributed by atoms with Crippen LogP contribution in [0.25, 0.3) is 0 Å². The van der Waals surface area contributed by atoms with Crippen LogP contribution in [0.1, 0.15) is 12.8 Å². The van der Waals surface area contributed by atoms with E-state index in [1.54, 1.807) is 0 Å². The van der Waals surface area contributed by atoms with Crippen molar-refractivity contribution in [3.63, 3.8) is 0 Å². The van der Waals surface area contributed by atoms with Gasteiger partial charge in [-0.3, -0.25) is 4.79 Å². The van der Waals surface area contributed by atoms with E-state index in [0.717, 1.165) is 12.8 Å². The van der Waals surface area contributed by atoms with Crippen LogP contribution in [-0.2, 0) is 9.53 Å². The Balaban J connectivity index is 1.98. The van der Waals surface area contributed by atoms with Crippen LogP contribution in [0.2, 0.25) is 0 Å². The zero-order valence-corrected chi connectivity index (χ0v) is 9.02. The largest absolute Gasteiger partial charge is 0.481 e. The van der Waals surface area contributed by atoms with Gasteiger partial charge in [0, 0.05) is 18.5 Å². The molecule has 0 aromatic carbocycles. The molecule has 1 heterocycles. The summed E-state index contributed by atoms with van der Waals surface area (Å²) in [7, 11) is 0. The van der Waals surface area contributed by atoms with Crippen molar-refractivity contribution in [1.29, 1.82) is 0 Å². The van der Waals surface area contributed by atoms with E-state index in [9.17, 15) is 9.59 Å². The summed E-state index contributed by atoms with van der Waals surface area (Å²) in [5, 5.41) is 9.07. The van der Waals surface area contributed by atoms with Crippen LogP contribution in [0.5, 0.6) is 0 Å². The molecule has 1 aliphatic carbocycles. The quantitative estimate of drug-likeness (QED) is 0.730. The van der Waals surface area contributed by atoms with E-state index in [1.165, 1.54) is 11.0 Å². The van der Waals surface area contributed by atoms with Gasteiger partial charge >= 0.3 is 12.1 Å². The molecule has 5 heteroatoms. The van der Waals surface area contributed by atoms with Gasteiger partial charge in [-0.1, -0.05) is 12.7 Å². The van der Waals surface area contributed by atoms with E-state index in [1.807, 2.05) is 0 Å². The van der Waals surface area contributed by atoms with Gasteiger partial charge in [-0.05, 0) is 12.8 Å². The van der Waals surface area contributed by atoms with E-state index < -0.39 is 18.0 Å². The molecule has 0 radical (unpaired) electrons. The van der Waals surface area contributed by atoms with Gasteiger partial charge in [0.2, 0.25) is 0 Å². The Bertz CT molecular complexity index is 335. The summed E-state index contributed by atoms with van der Waals surface area (Å²) in [5.41, 5.74) is -0.168. The monoisotopic (exact) mass is 225 g/mol. The highest BCUT2D eigenvalue weighted by molar-refractivity contribution is 5.76. The minimum atomic E-state index is -0.809. The zero-order valence-electron chi connectivity index (χ0n) is 9.02. The van der Waals surface area contributed by atoms with Gasteiger partial charge in [0.15, 0.2) is 0 Å². The van der Waals surface area contributed by atoms with Crippen molar-refractivity contribution in [3.05, 3.63) is 12.7 Å². The number of rotatable bonds is 3. The number of carboxylic acids is 1. The summed E-state index contributed by atoms with van der Waals surface area (Å²) in [5.74, 6) is -1.24. The van der Waals surface area contributed by atoms with Crippen LogP contribution in [0, 0.1) is 11.3 Å². The van der Waals surface area contributed by atoms with Crippen molar-refractivity contribution >= 4 is 12.1 Å². The molecule has 1 amide bonds. The Kier molecular flexibility index (Phi) is 2.61. The topological polar surface area (TPSA) is 66.8 Å². The van der Waals surface area contributed by atoms with Crippen LogP contribution in [0.15, 0.2) is 12.7 Å². The van der Waals surface area contributed by atoms with Gasteiger partial charge in [0.25, 0.3) is 0 Å². The number of hydrogen-bond donors (Lipinski definition) is 1. The van der Waals surface area contributed by atoms with Gasteiger partial charge in [-0.25, -0.2) is 4.79 Å². The number of carbonyl (C=O) groups excluding carboxylic acids is 1. The van der Waals surface area contributed by atoms with E-state index in [4.69, 9.17) is 9.84 Å². The van der Waals surface area contributed by atoms with Gasteiger partial charge in [-0.2, -0.15) is 0 Å². The number of amides is 1. The molecule has 1 unspecified atom stereocenters. The van der Waals surface area contributed by atoms with Gasteiger partial charge in [-0.15, -0.1) is 0 Å². The Morgan fingerprint density at radius 1 is 1.56 bits per heavy atom. The lowest BCUT2D eigenvalue weighted by molar-refractivity contribution is -0.142. The molecular formula is C11H15NO4. The first-order valence-corrected chi connectivity index (χ1v) is 5.34. The lowest BCUT2D eigenvalue weighted by atomic mass is 9.93. The molecule has 2 rings (SSSR count). The average Bonchev–Trinajstić information content (AvgIpc) is 2.87. The summed E-state index contributed by atoms with van der Waals surface area (Å²) in [6.45, 7) is 4.40. The maximum absolute atomic E-state index is 11.6. The van der Waals surface area contributed by atoms with Gasteiger partial charge < -0.3 is 14.7 Å². The molecule has 1 saturated heterocycles.